The Kier molecular flexibility index (Phi) is 4.62. The Morgan fingerprint density at radius 2 is 2.12 bits per heavy atom. The average Bonchev–Trinajstić information content (AvgIpc) is 2.83. The van der Waals surface area contributed by atoms with Crippen LogP contribution in [0.15, 0.2) is 0 Å². The number of nitrogens with two attached hydrogens (primary N) is 1. The quantitative estimate of drug-likeness (QED) is 0.791. The van der Waals surface area contributed by atoms with Crippen LogP contribution in [0.25, 0.3) is 0 Å². The first-order valence-electron chi connectivity index (χ1n) is 6.88. The molecule has 0 bridgehead atoms. The topological polar surface area (TPSA) is 38.5 Å². The monoisotopic (exact) mass is 226 g/mol. The predicted octanol–water partition coefficient (Wildman–Crippen LogP) is 1.61. The van der Waals surface area contributed by atoms with E-state index in [9.17, 15) is 0 Å². The van der Waals surface area contributed by atoms with Crippen LogP contribution < -0.4 is 5.73 Å². The van der Waals surface area contributed by atoms with Gasteiger partial charge >= 0.3 is 0 Å². The molecule has 2 aliphatic rings. The van der Waals surface area contributed by atoms with E-state index in [1.165, 1.54) is 32.1 Å². The Labute approximate surface area is 99.3 Å². The van der Waals surface area contributed by atoms with Gasteiger partial charge in [-0.2, -0.15) is 0 Å². The fourth-order valence-electron chi connectivity index (χ4n) is 3.11. The predicted molar refractivity (Wildman–Crippen MR) is 66.4 cm³/mol. The molecular weight excluding hydrogens is 200 g/mol. The molecular formula is C13H26N2O. The maximum Gasteiger partial charge on any atom is 0.0622 e. The molecule has 1 heterocycles. The highest BCUT2D eigenvalue weighted by atomic mass is 16.5. The second kappa shape index (κ2) is 5.99. The zero-order valence-corrected chi connectivity index (χ0v) is 10.5. The lowest BCUT2D eigenvalue weighted by atomic mass is 9.97. The molecule has 2 rings (SSSR count). The van der Waals surface area contributed by atoms with Gasteiger partial charge in [-0.05, 0) is 25.2 Å². The fourth-order valence-corrected chi connectivity index (χ4v) is 3.11. The van der Waals surface area contributed by atoms with Crippen molar-refractivity contribution in [2.75, 3.05) is 26.3 Å². The van der Waals surface area contributed by atoms with Gasteiger partial charge in [0.15, 0.2) is 0 Å². The van der Waals surface area contributed by atoms with Crippen molar-refractivity contribution < 1.29 is 4.74 Å². The third-order valence-corrected chi connectivity index (χ3v) is 4.27. The molecule has 1 aliphatic carbocycles. The molecule has 2 fully saturated rings. The van der Waals surface area contributed by atoms with E-state index in [0.717, 1.165) is 32.2 Å². The van der Waals surface area contributed by atoms with Crippen LogP contribution in [0.4, 0.5) is 0 Å². The largest absolute Gasteiger partial charge is 0.378 e. The number of morpholine rings is 1. The van der Waals surface area contributed by atoms with E-state index in [4.69, 9.17) is 10.5 Å². The summed E-state index contributed by atoms with van der Waals surface area (Å²) in [7, 11) is 0. The lowest BCUT2D eigenvalue weighted by molar-refractivity contribution is -0.0132. The standard InChI is InChI=1S/C13H26N2O/c1-2-12-10-16-8-7-15(12)9-13(14)11-5-3-4-6-11/h11-13H,2-10,14H2,1H3. The summed E-state index contributed by atoms with van der Waals surface area (Å²) >= 11 is 0. The first-order chi connectivity index (χ1) is 7.81. The van der Waals surface area contributed by atoms with Gasteiger partial charge in [-0.15, -0.1) is 0 Å². The van der Waals surface area contributed by atoms with Crippen LogP contribution in [0.2, 0.25) is 0 Å². The first-order valence-corrected chi connectivity index (χ1v) is 6.88. The van der Waals surface area contributed by atoms with E-state index in [2.05, 4.69) is 11.8 Å². The van der Waals surface area contributed by atoms with Crippen molar-refractivity contribution in [3.05, 3.63) is 0 Å². The van der Waals surface area contributed by atoms with Crippen molar-refractivity contribution in [2.45, 2.75) is 51.1 Å². The number of rotatable bonds is 4. The number of hydrogen-bond donors (Lipinski definition) is 1. The van der Waals surface area contributed by atoms with Gasteiger partial charge in [-0.25, -0.2) is 0 Å². The molecule has 1 aliphatic heterocycles. The zero-order chi connectivity index (χ0) is 11.4. The van der Waals surface area contributed by atoms with Crippen molar-refractivity contribution in [1.29, 1.82) is 0 Å². The molecule has 2 unspecified atom stereocenters. The van der Waals surface area contributed by atoms with Crippen molar-refractivity contribution in [1.82, 2.24) is 4.90 Å². The Balaban J connectivity index is 1.81. The van der Waals surface area contributed by atoms with Crippen molar-refractivity contribution in [2.24, 2.45) is 11.7 Å². The number of hydrogen-bond acceptors (Lipinski definition) is 3. The van der Waals surface area contributed by atoms with Gasteiger partial charge in [0.2, 0.25) is 0 Å². The highest BCUT2D eigenvalue weighted by molar-refractivity contribution is 4.84. The molecule has 0 amide bonds. The van der Waals surface area contributed by atoms with Gasteiger partial charge in [-0.3, -0.25) is 4.90 Å². The molecule has 16 heavy (non-hydrogen) atoms. The maximum absolute atomic E-state index is 6.34. The summed E-state index contributed by atoms with van der Waals surface area (Å²) in [5, 5.41) is 0. The third kappa shape index (κ3) is 2.96. The number of ether oxygens (including phenoxy) is 1. The molecule has 0 radical (unpaired) electrons. The fraction of sp³-hybridized carbons (Fsp3) is 1.00. The van der Waals surface area contributed by atoms with E-state index in [1.54, 1.807) is 0 Å². The second-order valence-electron chi connectivity index (χ2n) is 5.34. The molecule has 1 saturated heterocycles. The van der Waals surface area contributed by atoms with Gasteiger partial charge in [0.1, 0.15) is 0 Å². The molecule has 0 spiro atoms. The Morgan fingerprint density at radius 3 is 2.81 bits per heavy atom. The highest BCUT2D eigenvalue weighted by Crippen LogP contribution is 2.27. The molecule has 3 heteroatoms. The van der Waals surface area contributed by atoms with E-state index < -0.39 is 0 Å². The summed E-state index contributed by atoms with van der Waals surface area (Å²) in [6.45, 7) is 6.17. The molecule has 94 valence electrons. The van der Waals surface area contributed by atoms with Crippen LogP contribution in [0, 0.1) is 5.92 Å². The SMILES string of the molecule is CCC1COCCN1CC(N)C1CCCC1. The van der Waals surface area contributed by atoms with Gasteiger partial charge < -0.3 is 10.5 Å². The zero-order valence-electron chi connectivity index (χ0n) is 10.5. The molecule has 0 aromatic carbocycles. The van der Waals surface area contributed by atoms with Gasteiger partial charge in [-0.1, -0.05) is 19.8 Å². The van der Waals surface area contributed by atoms with Crippen molar-refractivity contribution >= 4 is 0 Å². The lowest BCUT2D eigenvalue weighted by Gasteiger charge is -2.37. The van der Waals surface area contributed by atoms with Gasteiger partial charge in [0.05, 0.1) is 13.2 Å². The highest BCUT2D eigenvalue weighted by Gasteiger charge is 2.27. The number of nitrogens with zero attached hydrogens (tertiary/aromatic N) is 1. The molecule has 1 saturated carbocycles. The van der Waals surface area contributed by atoms with Crippen LogP contribution >= 0.6 is 0 Å². The Bertz CT molecular complexity index is 204. The minimum Gasteiger partial charge on any atom is -0.378 e. The Hall–Kier alpha value is -0.120. The van der Waals surface area contributed by atoms with Crippen LogP contribution in [0.5, 0.6) is 0 Å². The van der Waals surface area contributed by atoms with Crippen LogP contribution in [-0.4, -0.2) is 43.3 Å². The van der Waals surface area contributed by atoms with Crippen LogP contribution in [0.1, 0.15) is 39.0 Å². The summed E-state index contributed by atoms with van der Waals surface area (Å²) in [4.78, 5) is 2.55. The maximum atomic E-state index is 6.34. The second-order valence-corrected chi connectivity index (χ2v) is 5.34. The van der Waals surface area contributed by atoms with Gasteiger partial charge in [0, 0.05) is 25.2 Å². The lowest BCUT2D eigenvalue weighted by Crippen LogP contribution is -2.51. The molecule has 0 aromatic heterocycles. The van der Waals surface area contributed by atoms with Crippen molar-refractivity contribution in [3.8, 4) is 0 Å². The van der Waals surface area contributed by atoms with E-state index in [-0.39, 0.29) is 0 Å². The summed E-state index contributed by atoms with van der Waals surface area (Å²) < 4.78 is 5.53. The summed E-state index contributed by atoms with van der Waals surface area (Å²) in [5.74, 6) is 0.778. The molecule has 2 N–H and O–H groups in total. The summed E-state index contributed by atoms with van der Waals surface area (Å²) in [6.07, 6.45) is 6.65. The minimum absolute atomic E-state index is 0.384. The van der Waals surface area contributed by atoms with Crippen LogP contribution in [0.3, 0.4) is 0 Å². The van der Waals surface area contributed by atoms with E-state index in [1.807, 2.05) is 0 Å². The molecule has 0 aromatic rings. The molecule has 2 atom stereocenters. The van der Waals surface area contributed by atoms with E-state index in [0.29, 0.717) is 12.1 Å². The first kappa shape index (κ1) is 12.3. The minimum atomic E-state index is 0.384. The Morgan fingerprint density at radius 1 is 1.38 bits per heavy atom. The normalized spacial score (nSPS) is 30.8. The van der Waals surface area contributed by atoms with Gasteiger partial charge in [0.25, 0.3) is 0 Å². The average molecular weight is 226 g/mol. The smallest absolute Gasteiger partial charge is 0.0622 e. The summed E-state index contributed by atoms with van der Waals surface area (Å²) in [6, 6.07) is 0.982. The third-order valence-electron chi connectivity index (χ3n) is 4.27. The molecule has 3 nitrogen and oxygen atoms in total. The summed E-state index contributed by atoms with van der Waals surface area (Å²) in [5.41, 5.74) is 6.34. The van der Waals surface area contributed by atoms with Crippen molar-refractivity contribution in [3.63, 3.8) is 0 Å². The van der Waals surface area contributed by atoms with Crippen LogP contribution in [-0.2, 0) is 4.74 Å². The van der Waals surface area contributed by atoms with E-state index >= 15 is 0 Å².